The van der Waals surface area contributed by atoms with E-state index in [1.54, 1.807) is 0 Å². The molecule has 1 saturated heterocycles. The maximum Gasteiger partial charge on any atom is 0.263 e. The van der Waals surface area contributed by atoms with E-state index in [4.69, 9.17) is 17.0 Å². The van der Waals surface area contributed by atoms with Crippen molar-refractivity contribution in [3.8, 4) is 5.75 Å². The number of rotatable bonds is 4. The van der Waals surface area contributed by atoms with Gasteiger partial charge in [0.1, 0.15) is 16.2 Å². The molecule has 0 aromatic heterocycles. The van der Waals surface area contributed by atoms with Gasteiger partial charge in [-0.2, -0.15) is 0 Å². The van der Waals surface area contributed by atoms with Crippen LogP contribution in [0, 0.1) is 0 Å². The molecule has 1 N–H and O–H groups in total. The molecule has 0 spiro atoms. The number of amides is 1. The second-order valence-corrected chi connectivity index (χ2v) is 6.81. The Bertz CT molecular complexity index is 754. The highest BCUT2D eigenvalue weighted by Crippen LogP contribution is 2.27. The van der Waals surface area contributed by atoms with Crippen LogP contribution in [0.5, 0.6) is 5.75 Å². The van der Waals surface area contributed by atoms with Gasteiger partial charge in [0.05, 0.1) is 4.91 Å². The van der Waals surface area contributed by atoms with Gasteiger partial charge < -0.3 is 10.1 Å². The molecule has 5 heteroatoms. The van der Waals surface area contributed by atoms with E-state index in [0.29, 0.717) is 9.23 Å². The molecule has 1 heterocycles. The van der Waals surface area contributed by atoms with Crippen molar-refractivity contribution in [2.75, 3.05) is 0 Å². The quantitative estimate of drug-likeness (QED) is 0.664. The minimum Gasteiger partial charge on any atom is -0.486 e. The number of nitrogens with one attached hydrogen (secondary N) is 1. The Hall–Kier alpha value is -2.11. The van der Waals surface area contributed by atoms with Crippen LogP contribution < -0.4 is 10.1 Å². The summed E-state index contributed by atoms with van der Waals surface area (Å²) in [5, 5.41) is 2.61. The Kier molecular flexibility index (Phi) is 4.79. The zero-order chi connectivity index (χ0) is 16.2. The first kappa shape index (κ1) is 15.8. The molecule has 0 aliphatic carbocycles. The van der Waals surface area contributed by atoms with E-state index >= 15 is 0 Å². The maximum atomic E-state index is 11.6. The number of ether oxygens (including phenoxy) is 1. The lowest BCUT2D eigenvalue weighted by Gasteiger charge is -2.15. The maximum absolute atomic E-state index is 11.6. The fourth-order valence-corrected chi connectivity index (χ4v) is 3.26. The van der Waals surface area contributed by atoms with Crippen LogP contribution >= 0.6 is 24.0 Å². The zero-order valence-corrected chi connectivity index (χ0v) is 14.1. The summed E-state index contributed by atoms with van der Waals surface area (Å²) in [6.45, 7) is 2.02. The molecule has 0 unspecified atom stereocenters. The summed E-state index contributed by atoms with van der Waals surface area (Å²) in [6.07, 6.45) is 1.80. The van der Waals surface area contributed by atoms with E-state index in [0.717, 1.165) is 16.9 Å². The number of thioether (sulfide) groups is 1. The molecule has 2 aromatic carbocycles. The van der Waals surface area contributed by atoms with Crippen molar-refractivity contribution < 1.29 is 9.53 Å². The van der Waals surface area contributed by atoms with Gasteiger partial charge in [-0.3, -0.25) is 4.79 Å². The third-order valence-electron chi connectivity index (χ3n) is 3.40. The van der Waals surface area contributed by atoms with Crippen molar-refractivity contribution in [1.82, 2.24) is 5.32 Å². The molecule has 0 radical (unpaired) electrons. The number of carbonyl (C=O) groups is 1. The highest BCUT2D eigenvalue weighted by molar-refractivity contribution is 8.26. The molecule has 23 heavy (non-hydrogen) atoms. The van der Waals surface area contributed by atoms with Crippen LogP contribution in [0.2, 0.25) is 0 Å². The molecule has 3 nitrogen and oxygen atoms in total. The van der Waals surface area contributed by atoms with Crippen molar-refractivity contribution >= 4 is 40.3 Å². The van der Waals surface area contributed by atoms with E-state index in [9.17, 15) is 4.79 Å². The first-order valence-electron chi connectivity index (χ1n) is 7.18. The van der Waals surface area contributed by atoms with Crippen molar-refractivity contribution in [3.05, 3.63) is 70.6 Å². The van der Waals surface area contributed by atoms with Crippen molar-refractivity contribution in [2.45, 2.75) is 13.0 Å². The monoisotopic (exact) mass is 341 g/mol. The summed E-state index contributed by atoms with van der Waals surface area (Å²) in [5.41, 5.74) is 2.07. The van der Waals surface area contributed by atoms with Gasteiger partial charge in [-0.25, -0.2) is 0 Å². The summed E-state index contributed by atoms with van der Waals surface area (Å²) in [7, 11) is 0. The van der Waals surface area contributed by atoms with Crippen LogP contribution in [0.1, 0.15) is 24.2 Å². The number of hydrogen-bond acceptors (Lipinski definition) is 4. The predicted octanol–water partition coefficient (Wildman–Crippen LogP) is 4.32. The van der Waals surface area contributed by atoms with Gasteiger partial charge in [0, 0.05) is 0 Å². The Morgan fingerprint density at radius 1 is 1.13 bits per heavy atom. The second kappa shape index (κ2) is 6.98. The van der Waals surface area contributed by atoms with Crippen molar-refractivity contribution in [1.29, 1.82) is 0 Å². The Balaban J connectivity index is 1.69. The molecule has 1 aliphatic heterocycles. The van der Waals surface area contributed by atoms with Crippen LogP contribution in [0.4, 0.5) is 0 Å². The minimum atomic E-state index is -0.141. The number of benzene rings is 2. The molecule has 0 bridgehead atoms. The SMILES string of the molecule is C[C@@H](Oc1ccc(/C=C2/SC(=S)NC2=O)cc1)c1ccccc1. The summed E-state index contributed by atoms with van der Waals surface area (Å²) < 4.78 is 6.44. The molecule has 0 saturated carbocycles. The van der Waals surface area contributed by atoms with Crippen LogP contribution in [-0.4, -0.2) is 10.2 Å². The van der Waals surface area contributed by atoms with Gasteiger partial charge in [-0.05, 0) is 36.3 Å². The number of thiocarbonyl (C=S) groups is 1. The molecule has 116 valence electrons. The largest absolute Gasteiger partial charge is 0.486 e. The normalized spacial score (nSPS) is 17.2. The molecule has 1 atom stereocenters. The van der Waals surface area contributed by atoms with Crippen LogP contribution in [0.25, 0.3) is 6.08 Å². The predicted molar refractivity (Wildman–Crippen MR) is 98.2 cm³/mol. The Labute approximate surface area is 144 Å². The van der Waals surface area contributed by atoms with Crippen LogP contribution in [0.3, 0.4) is 0 Å². The molecular weight excluding hydrogens is 326 g/mol. The van der Waals surface area contributed by atoms with Gasteiger partial charge in [0.2, 0.25) is 0 Å². The molecule has 1 fully saturated rings. The van der Waals surface area contributed by atoms with E-state index in [-0.39, 0.29) is 12.0 Å². The molecule has 1 amide bonds. The lowest BCUT2D eigenvalue weighted by Crippen LogP contribution is -2.17. The highest BCUT2D eigenvalue weighted by atomic mass is 32.2. The topological polar surface area (TPSA) is 38.3 Å². The average Bonchev–Trinajstić information content (AvgIpc) is 2.87. The van der Waals surface area contributed by atoms with Crippen molar-refractivity contribution in [3.63, 3.8) is 0 Å². The van der Waals surface area contributed by atoms with E-state index < -0.39 is 0 Å². The van der Waals surface area contributed by atoms with Crippen LogP contribution in [0.15, 0.2) is 59.5 Å². The first-order chi connectivity index (χ1) is 11.1. The van der Waals surface area contributed by atoms with E-state index in [1.807, 2.05) is 67.6 Å². The lowest BCUT2D eigenvalue weighted by atomic mass is 10.1. The summed E-state index contributed by atoms with van der Waals surface area (Å²) in [6, 6.07) is 17.7. The molecule has 1 aliphatic rings. The van der Waals surface area contributed by atoms with Gasteiger partial charge in [-0.15, -0.1) is 0 Å². The Morgan fingerprint density at radius 2 is 1.83 bits per heavy atom. The zero-order valence-electron chi connectivity index (χ0n) is 12.5. The van der Waals surface area contributed by atoms with Crippen LogP contribution in [-0.2, 0) is 4.79 Å². The minimum absolute atomic E-state index is 0.0195. The summed E-state index contributed by atoms with van der Waals surface area (Å²) in [4.78, 5) is 12.3. The first-order valence-corrected chi connectivity index (χ1v) is 8.41. The van der Waals surface area contributed by atoms with Gasteiger partial charge >= 0.3 is 0 Å². The average molecular weight is 341 g/mol. The van der Waals surface area contributed by atoms with E-state index in [1.165, 1.54) is 11.8 Å². The molecule has 3 rings (SSSR count). The van der Waals surface area contributed by atoms with E-state index in [2.05, 4.69) is 5.32 Å². The lowest BCUT2D eigenvalue weighted by molar-refractivity contribution is -0.115. The molecule has 2 aromatic rings. The fraction of sp³-hybridized carbons (Fsp3) is 0.111. The second-order valence-electron chi connectivity index (χ2n) is 5.09. The summed E-state index contributed by atoms with van der Waals surface area (Å²) >= 11 is 6.26. The van der Waals surface area contributed by atoms with Gasteiger partial charge in [0.25, 0.3) is 5.91 Å². The van der Waals surface area contributed by atoms with Crippen molar-refractivity contribution in [2.24, 2.45) is 0 Å². The standard InChI is InChI=1S/C18H15NO2S2/c1-12(14-5-3-2-4-6-14)21-15-9-7-13(8-10-15)11-16-17(20)19-18(22)23-16/h2-12H,1H3,(H,19,20,22)/b16-11+/t12-/m1/s1. The number of carbonyl (C=O) groups excluding carboxylic acids is 1. The van der Waals surface area contributed by atoms with Gasteiger partial charge in [-0.1, -0.05) is 66.4 Å². The molecular formula is C18H15NO2S2. The Morgan fingerprint density at radius 3 is 2.43 bits per heavy atom. The number of hydrogen-bond donors (Lipinski definition) is 1. The third kappa shape index (κ3) is 4.00. The highest BCUT2D eigenvalue weighted by Gasteiger charge is 2.21. The van der Waals surface area contributed by atoms with Gasteiger partial charge in [0.15, 0.2) is 0 Å². The fourth-order valence-electron chi connectivity index (χ4n) is 2.21. The third-order valence-corrected chi connectivity index (χ3v) is 4.56. The smallest absolute Gasteiger partial charge is 0.263 e. The summed E-state index contributed by atoms with van der Waals surface area (Å²) in [5.74, 6) is 0.653.